The lowest BCUT2D eigenvalue weighted by Crippen LogP contribution is -2.46. The molecule has 0 bridgehead atoms. The molecule has 2 nitrogen and oxygen atoms in total. The van der Waals surface area contributed by atoms with Crippen LogP contribution in [0.3, 0.4) is 0 Å². The van der Waals surface area contributed by atoms with Crippen LogP contribution in [0.15, 0.2) is 48.5 Å². The van der Waals surface area contributed by atoms with Gasteiger partial charge in [-0.25, -0.2) is 4.39 Å². The molecular weight excluding hydrogens is 265 g/mol. The van der Waals surface area contributed by atoms with E-state index in [0.717, 1.165) is 36.1 Å². The fourth-order valence-electron chi connectivity index (χ4n) is 2.92. The average Bonchev–Trinajstić information content (AvgIpc) is 2.39. The van der Waals surface area contributed by atoms with Crippen molar-refractivity contribution in [3.05, 3.63) is 65.5 Å². The first-order valence-corrected chi connectivity index (χ1v) is 7.24. The molecule has 1 saturated carbocycles. The Kier molecular flexibility index (Phi) is 3.50. The van der Waals surface area contributed by atoms with Crippen LogP contribution in [0, 0.1) is 12.7 Å². The number of halogens is 1. The molecule has 3 heteroatoms. The Bertz CT molecular complexity index is 659. The zero-order valence-electron chi connectivity index (χ0n) is 12.0. The van der Waals surface area contributed by atoms with Gasteiger partial charge in [-0.2, -0.15) is 0 Å². The van der Waals surface area contributed by atoms with Gasteiger partial charge in [-0.15, -0.1) is 0 Å². The highest BCUT2D eigenvalue weighted by molar-refractivity contribution is 6.00. The van der Waals surface area contributed by atoms with E-state index in [9.17, 15) is 9.18 Å². The topological polar surface area (TPSA) is 29.1 Å². The Hall–Kier alpha value is -2.16. The number of benzene rings is 2. The third kappa shape index (κ3) is 2.56. The van der Waals surface area contributed by atoms with E-state index in [1.165, 1.54) is 12.1 Å². The van der Waals surface area contributed by atoms with Gasteiger partial charge in [-0.1, -0.05) is 30.7 Å². The van der Waals surface area contributed by atoms with Crippen LogP contribution in [-0.2, 0) is 10.2 Å². The summed E-state index contributed by atoms with van der Waals surface area (Å²) in [5.74, 6) is -0.265. The van der Waals surface area contributed by atoms with E-state index in [1.54, 1.807) is 12.1 Å². The zero-order valence-corrected chi connectivity index (χ0v) is 12.0. The molecule has 0 spiro atoms. The highest BCUT2D eigenvalue weighted by Gasteiger charge is 2.45. The first kappa shape index (κ1) is 13.8. The van der Waals surface area contributed by atoms with Gasteiger partial charge in [0, 0.05) is 5.69 Å². The first-order chi connectivity index (χ1) is 10.1. The molecule has 2 aromatic carbocycles. The van der Waals surface area contributed by atoms with Gasteiger partial charge < -0.3 is 5.32 Å². The lowest BCUT2D eigenvalue weighted by Gasteiger charge is -2.40. The fraction of sp³-hybridized carbons (Fsp3) is 0.278. The van der Waals surface area contributed by atoms with Gasteiger partial charge in [-0.05, 0) is 55.2 Å². The molecule has 0 heterocycles. The molecule has 1 aliphatic carbocycles. The quantitative estimate of drug-likeness (QED) is 0.899. The molecule has 0 aromatic heterocycles. The lowest BCUT2D eigenvalue weighted by molar-refractivity contribution is -0.124. The van der Waals surface area contributed by atoms with Gasteiger partial charge >= 0.3 is 0 Å². The molecule has 0 aliphatic heterocycles. The first-order valence-electron chi connectivity index (χ1n) is 7.24. The molecule has 0 saturated heterocycles. The fourth-order valence-corrected chi connectivity index (χ4v) is 2.92. The number of hydrogen-bond acceptors (Lipinski definition) is 1. The minimum Gasteiger partial charge on any atom is -0.325 e. The number of carbonyl (C=O) groups excluding carboxylic acids is 1. The third-order valence-electron chi connectivity index (χ3n) is 4.31. The van der Waals surface area contributed by atoms with Crippen molar-refractivity contribution in [2.24, 2.45) is 0 Å². The molecular formula is C18H18FNO. The molecule has 2 aromatic rings. The van der Waals surface area contributed by atoms with E-state index in [-0.39, 0.29) is 11.7 Å². The van der Waals surface area contributed by atoms with Gasteiger partial charge in [0.05, 0.1) is 5.41 Å². The highest BCUT2D eigenvalue weighted by Crippen LogP contribution is 2.44. The standard InChI is InChI=1S/C18H18FNO/c1-13-4-2-5-16(12-13)20-17(21)18(10-3-11-18)14-6-8-15(19)9-7-14/h2,4-9,12H,3,10-11H2,1H3,(H,20,21). The second-order valence-electron chi connectivity index (χ2n) is 5.77. The molecule has 1 fully saturated rings. The number of rotatable bonds is 3. The Labute approximate surface area is 124 Å². The second kappa shape index (κ2) is 5.32. The summed E-state index contributed by atoms with van der Waals surface area (Å²) in [5, 5.41) is 3.01. The number of nitrogens with one attached hydrogen (secondary N) is 1. The van der Waals surface area contributed by atoms with Crippen LogP contribution in [0.25, 0.3) is 0 Å². The van der Waals surface area contributed by atoms with Crippen molar-refractivity contribution in [3.63, 3.8) is 0 Å². The number of anilines is 1. The molecule has 1 amide bonds. The van der Waals surface area contributed by atoms with Crippen molar-refractivity contribution in [2.45, 2.75) is 31.6 Å². The average molecular weight is 283 g/mol. The predicted molar refractivity (Wildman–Crippen MR) is 81.7 cm³/mol. The van der Waals surface area contributed by atoms with Crippen molar-refractivity contribution in [2.75, 3.05) is 5.32 Å². The molecule has 21 heavy (non-hydrogen) atoms. The number of aryl methyl sites for hydroxylation is 1. The summed E-state index contributed by atoms with van der Waals surface area (Å²) in [4.78, 5) is 12.7. The van der Waals surface area contributed by atoms with E-state index < -0.39 is 5.41 Å². The van der Waals surface area contributed by atoms with Crippen molar-refractivity contribution in [1.29, 1.82) is 0 Å². The van der Waals surface area contributed by atoms with E-state index >= 15 is 0 Å². The van der Waals surface area contributed by atoms with Gasteiger partial charge in [-0.3, -0.25) is 4.79 Å². The number of hydrogen-bond donors (Lipinski definition) is 1. The molecule has 0 unspecified atom stereocenters. The summed E-state index contributed by atoms with van der Waals surface area (Å²) in [7, 11) is 0. The summed E-state index contributed by atoms with van der Waals surface area (Å²) >= 11 is 0. The third-order valence-corrected chi connectivity index (χ3v) is 4.31. The van der Waals surface area contributed by atoms with Gasteiger partial charge in [0.25, 0.3) is 0 Å². The smallest absolute Gasteiger partial charge is 0.235 e. The minimum absolute atomic E-state index is 0.00552. The maximum atomic E-state index is 13.1. The summed E-state index contributed by atoms with van der Waals surface area (Å²) < 4.78 is 13.1. The molecule has 108 valence electrons. The Morgan fingerprint density at radius 3 is 2.43 bits per heavy atom. The van der Waals surface area contributed by atoms with Crippen LogP contribution in [0.5, 0.6) is 0 Å². The Morgan fingerprint density at radius 2 is 1.86 bits per heavy atom. The van der Waals surface area contributed by atoms with Gasteiger partial charge in [0.1, 0.15) is 5.82 Å². The van der Waals surface area contributed by atoms with Crippen LogP contribution in [0.1, 0.15) is 30.4 Å². The Balaban J connectivity index is 1.85. The van der Waals surface area contributed by atoms with Gasteiger partial charge in [0.2, 0.25) is 5.91 Å². The monoisotopic (exact) mass is 283 g/mol. The SMILES string of the molecule is Cc1cccc(NC(=O)C2(c3ccc(F)cc3)CCC2)c1. The van der Waals surface area contributed by atoms with Crippen LogP contribution in [-0.4, -0.2) is 5.91 Å². The maximum Gasteiger partial charge on any atom is 0.235 e. The summed E-state index contributed by atoms with van der Waals surface area (Å²) in [5.41, 5.74) is 2.32. The molecule has 0 atom stereocenters. The van der Waals surface area contributed by atoms with E-state index in [1.807, 2.05) is 31.2 Å². The largest absolute Gasteiger partial charge is 0.325 e. The summed E-state index contributed by atoms with van der Waals surface area (Å²) in [6.45, 7) is 1.99. The van der Waals surface area contributed by atoms with E-state index in [0.29, 0.717) is 0 Å². The Morgan fingerprint density at radius 1 is 1.14 bits per heavy atom. The normalized spacial score (nSPS) is 16.1. The second-order valence-corrected chi connectivity index (χ2v) is 5.77. The van der Waals surface area contributed by atoms with Crippen LogP contribution < -0.4 is 5.32 Å². The van der Waals surface area contributed by atoms with E-state index in [4.69, 9.17) is 0 Å². The highest BCUT2D eigenvalue weighted by atomic mass is 19.1. The van der Waals surface area contributed by atoms with Gasteiger partial charge in [0.15, 0.2) is 0 Å². The maximum absolute atomic E-state index is 13.1. The summed E-state index contributed by atoms with van der Waals surface area (Å²) in [6.07, 6.45) is 2.66. The van der Waals surface area contributed by atoms with Crippen molar-refractivity contribution >= 4 is 11.6 Å². The van der Waals surface area contributed by atoms with Crippen LogP contribution >= 0.6 is 0 Å². The van der Waals surface area contributed by atoms with Crippen molar-refractivity contribution < 1.29 is 9.18 Å². The van der Waals surface area contributed by atoms with Crippen LogP contribution in [0.2, 0.25) is 0 Å². The molecule has 3 rings (SSSR count). The molecule has 1 N–H and O–H groups in total. The predicted octanol–water partition coefficient (Wildman–Crippen LogP) is 4.19. The molecule has 0 radical (unpaired) electrons. The lowest BCUT2D eigenvalue weighted by atomic mass is 9.64. The number of amides is 1. The summed E-state index contributed by atoms with van der Waals surface area (Å²) in [6, 6.07) is 14.1. The molecule has 1 aliphatic rings. The number of carbonyl (C=O) groups is 1. The minimum atomic E-state index is -0.503. The zero-order chi connectivity index (χ0) is 14.9. The van der Waals surface area contributed by atoms with Crippen molar-refractivity contribution in [3.8, 4) is 0 Å². The van der Waals surface area contributed by atoms with Crippen molar-refractivity contribution in [1.82, 2.24) is 0 Å². The van der Waals surface area contributed by atoms with E-state index in [2.05, 4.69) is 5.32 Å². The van der Waals surface area contributed by atoms with Crippen LogP contribution in [0.4, 0.5) is 10.1 Å².